The normalized spacial score (nSPS) is 20.2. The molecule has 2 heterocycles. The number of carbonyl (C=O) groups excluding carboxylic acids is 1. The molecule has 24 heavy (non-hydrogen) atoms. The molecule has 1 aromatic heterocycles. The Morgan fingerprint density at radius 2 is 2.21 bits per heavy atom. The van der Waals surface area contributed by atoms with Crippen molar-refractivity contribution >= 4 is 5.91 Å². The predicted molar refractivity (Wildman–Crippen MR) is 86.0 cm³/mol. The Hall–Kier alpha value is -2.47. The molecule has 1 aromatic carbocycles. The molecule has 1 atom stereocenters. The van der Waals surface area contributed by atoms with Crippen molar-refractivity contribution in [1.29, 1.82) is 0 Å². The van der Waals surface area contributed by atoms with Gasteiger partial charge in [0.2, 0.25) is 5.91 Å². The third-order valence-electron chi connectivity index (χ3n) is 4.05. The predicted octanol–water partition coefficient (Wildman–Crippen LogP) is 1.81. The van der Waals surface area contributed by atoms with Gasteiger partial charge in [-0.25, -0.2) is 4.39 Å². The summed E-state index contributed by atoms with van der Waals surface area (Å²) in [4.78, 5) is 18.1. The minimum absolute atomic E-state index is 0.0177. The number of benzene rings is 1. The first-order chi connectivity index (χ1) is 11.5. The minimum atomic E-state index is -1.12. The summed E-state index contributed by atoms with van der Waals surface area (Å²) >= 11 is 0. The third-order valence-corrected chi connectivity index (χ3v) is 4.05. The number of aliphatic hydroxyl groups is 1. The van der Waals surface area contributed by atoms with Crippen LogP contribution in [0.15, 0.2) is 48.7 Å². The van der Waals surface area contributed by atoms with Crippen molar-refractivity contribution in [3.63, 3.8) is 0 Å². The average molecular weight is 330 g/mol. The summed E-state index contributed by atoms with van der Waals surface area (Å²) < 4.78 is 18.6. The highest BCUT2D eigenvalue weighted by Gasteiger charge is 2.39. The van der Waals surface area contributed by atoms with Gasteiger partial charge in [0.05, 0.1) is 13.0 Å². The van der Waals surface area contributed by atoms with Crippen LogP contribution in [0.25, 0.3) is 0 Å². The Morgan fingerprint density at radius 1 is 1.33 bits per heavy atom. The maximum atomic E-state index is 13.1. The number of amides is 1. The van der Waals surface area contributed by atoms with Gasteiger partial charge in [0.1, 0.15) is 23.8 Å². The maximum Gasteiger partial charge on any atom is 0.228 e. The van der Waals surface area contributed by atoms with E-state index < -0.39 is 11.4 Å². The van der Waals surface area contributed by atoms with Crippen LogP contribution >= 0.6 is 0 Å². The molecule has 1 amide bonds. The number of ether oxygens (including phenoxy) is 1. The Bertz CT molecular complexity index is 710. The van der Waals surface area contributed by atoms with E-state index in [2.05, 4.69) is 4.98 Å². The van der Waals surface area contributed by atoms with Crippen molar-refractivity contribution in [2.75, 3.05) is 19.7 Å². The summed E-state index contributed by atoms with van der Waals surface area (Å²) in [6.07, 6.45) is 2.29. The Labute approximate surface area is 139 Å². The lowest BCUT2D eigenvalue weighted by Gasteiger charge is -2.23. The van der Waals surface area contributed by atoms with Gasteiger partial charge in [-0.15, -0.1) is 0 Å². The van der Waals surface area contributed by atoms with E-state index >= 15 is 0 Å². The number of β-amino-alcohol motifs (C(OH)–C–C–N with tert-alkyl or cyclic N) is 1. The maximum absolute atomic E-state index is 13.1. The van der Waals surface area contributed by atoms with E-state index in [0.29, 0.717) is 24.4 Å². The number of nitrogens with zero attached hydrogens (tertiary/aromatic N) is 2. The summed E-state index contributed by atoms with van der Waals surface area (Å²) in [6.45, 7) is 0.687. The molecule has 126 valence electrons. The second-order valence-corrected chi connectivity index (χ2v) is 6.03. The molecule has 3 rings (SSSR count). The zero-order valence-corrected chi connectivity index (χ0v) is 13.2. The van der Waals surface area contributed by atoms with Gasteiger partial charge in [0.15, 0.2) is 0 Å². The first-order valence-electron chi connectivity index (χ1n) is 7.83. The van der Waals surface area contributed by atoms with Gasteiger partial charge in [0.25, 0.3) is 0 Å². The van der Waals surface area contributed by atoms with Crippen molar-refractivity contribution < 1.29 is 19.0 Å². The number of halogens is 1. The lowest BCUT2D eigenvalue weighted by Crippen LogP contribution is -2.41. The van der Waals surface area contributed by atoms with Crippen molar-refractivity contribution in [3.8, 4) is 5.75 Å². The SMILES string of the molecule is O=C(Cc1ccccn1)N1CC[C@](O)(COc2cccc(F)c2)C1. The molecule has 0 saturated carbocycles. The highest BCUT2D eigenvalue weighted by molar-refractivity contribution is 5.78. The molecule has 0 aliphatic carbocycles. The van der Waals surface area contributed by atoms with Crippen LogP contribution in [-0.4, -0.2) is 46.2 Å². The van der Waals surface area contributed by atoms with Crippen LogP contribution in [0.5, 0.6) is 5.75 Å². The first kappa shape index (κ1) is 16.4. The van der Waals surface area contributed by atoms with Crippen LogP contribution < -0.4 is 4.74 Å². The molecule has 1 saturated heterocycles. The molecule has 1 aliphatic heterocycles. The number of aromatic nitrogens is 1. The van der Waals surface area contributed by atoms with Crippen LogP contribution in [0.4, 0.5) is 4.39 Å². The molecule has 1 fully saturated rings. The van der Waals surface area contributed by atoms with Crippen LogP contribution in [0.3, 0.4) is 0 Å². The number of likely N-dealkylation sites (tertiary alicyclic amines) is 1. The smallest absolute Gasteiger partial charge is 0.228 e. The molecule has 0 unspecified atom stereocenters. The van der Waals surface area contributed by atoms with E-state index in [1.54, 1.807) is 35.4 Å². The lowest BCUT2D eigenvalue weighted by molar-refractivity contribution is -0.130. The molecule has 0 radical (unpaired) electrons. The van der Waals surface area contributed by atoms with E-state index in [1.165, 1.54) is 12.1 Å². The topological polar surface area (TPSA) is 62.7 Å². The van der Waals surface area contributed by atoms with Crippen molar-refractivity contribution in [2.45, 2.75) is 18.4 Å². The average Bonchev–Trinajstić information content (AvgIpc) is 2.97. The molecule has 2 aromatic rings. The van der Waals surface area contributed by atoms with E-state index in [-0.39, 0.29) is 25.5 Å². The summed E-state index contributed by atoms with van der Waals surface area (Å²) in [7, 11) is 0. The van der Waals surface area contributed by atoms with Crippen molar-refractivity contribution in [1.82, 2.24) is 9.88 Å². The van der Waals surface area contributed by atoms with Gasteiger partial charge < -0.3 is 14.7 Å². The van der Waals surface area contributed by atoms with Gasteiger partial charge >= 0.3 is 0 Å². The molecular formula is C18H19FN2O3. The van der Waals surface area contributed by atoms with Gasteiger partial charge in [-0.05, 0) is 30.7 Å². The Balaban J connectivity index is 1.54. The van der Waals surface area contributed by atoms with Crippen LogP contribution in [0.1, 0.15) is 12.1 Å². The number of rotatable bonds is 5. The van der Waals surface area contributed by atoms with Gasteiger partial charge in [0, 0.05) is 24.5 Å². The highest BCUT2D eigenvalue weighted by Crippen LogP contribution is 2.24. The Kier molecular flexibility index (Phi) is 4.76. The van der Waals surface area contributed by atoms with E-state index in [9.17, 15) is 14.3 Å². The highest BCUT2D eigenvalue weighted by atomic mass is 19.1. The van der Waals surface area contributed by atoms with Gasteiger partial charge in [-0.2, -0.15) is 0 Å². The molecule has 1 aliphatic rings. The number of carbonyl (C=O) groups is 1. The minimum Gasteiger partial charge on any atom is -0.490 e. The van der Waals surface area contributed by atoms with Crippen LogP contribution in [-0.2, 0) is 11.2 Å². The third kappa shape index (κ3) is 4.08. The fourth-order valence-corrected chi connectivity index (χ4v) is 2.73. The van der Waals surface area contributed by atoms with Gasteiger partial charge in [-0.1, -0.05) is 12.1 Å². The summed E-state index contributed by atoms with van der Waals surface area (Å²) in [5.74, 6) is -0.102. The summed E-state index contributed by atoms with van der Waals surface area (Å²) in [5.41, 5.74) is -0.416. The molecule has 5 nitrogen and oxygen atoms in total. The second-order valence-electron chi connectivity index (χ2n) is 6.03. The molecule has 6 heteroatoms. The fourth-order valence-electron chi connectivity index (χ4n) is 2.73. The zero-order chi connectivity index (χ0) is 17.0. The van der Waals surface area contributed by atoms with Gasteiger partial charge in [-0.3, -0.25) is 9.78 Å². The second kappa shape index (κ2) is 6.97. The molecule has 0 bridgehead atoms. The fraction of sp³-hybridized carbons (Fsp3) is 0.333. The lowest BCUT2D eigenvalue weighted by atomic mass is 10.1. The largest absolute Gasteiger partial charge is 0.490 e. The standard InChI is InChI=1S/C18H19FN2O3/c19-14-4-3-6-16(10-14)24-13-18(23)7-9-21(12-18)17(22)11-15-5-1-2-8-20-15/h1-6,8,10,23H,7,9,11-13H2/t18-/m1/s1. The molecule has 0 spiro atoms. The van der Waals surface area contributed by atoms with E-state index in [1.807, 2.05) is 6.07 Å². The van der Waals surface area contributed by atoms with Crippen molar-refractivity contribution in [3.05, 3.63) is 60.2 Å². The monoisotopic (exact) mass is 330 g/mol. The van der Waals surface area contributed by atoms with Crippen LogP contribution in [0, 0.1) is 5.82 Å². The molecular weight excluding hydrogens is 311 g/mol. The van der Waals surface area contributed by atoms with E-state index in [0.717, 1.165) is 0 Å². The Morgan fingerprint density at radius 3 is 2.96 bits per heavy atom. The number of hydrogen-bond donors (Lipinski definition) is 1. The quantitative estimate of drug-likeness (QED) is 0.908. The number of pyridine rings is 1. The first-order valence-corrected chi connectivity index (χ1v) is 7.83. The van der Waals surface area contributed by atoms with Crippen LogP contribution in [0.2, 0.25) is 0 Å². The molecule has 1 N–H and O–H groups in total. The zero-order valence-electron chi connectivity index (χ0n) is 13.2. The summed E-state index contributed by atoms with van der Waals surface area (Å²) in [5, 5.41) is 10.6. The van der Waals surface area contributed by atoms with Crippen molar-refractivity contribution in [2.24, 2.45) is 0 Å². The van der Waals surface area contributed by atoms with E-state index in [4.69, 9.17) is 4.74 Å². The number of hydrogen-bond acceptors (Lipinski definition) is 4. The summed E-state index contributed by atoms with van der Waals surface area (Å²) in [6, 6.07) is 11.2.